The summed E-state index contributed by atoms with van der Waals surface area (Å²) in [6.07, 6.45) is -0.183. The standard InChI is InChI=1S/C24H29N3O5S/c1-5-32-18-7-9-19(10-8-18)33(30,31)26-14-23(16(3)17(26)4)27-22-12-15(2)6-11-20(22)21(25-27)13-24(28)29/h6-12,16-17,23H,5,13-14H2,1-4H3,(H,28,29)/t16-,17-,23-/m0/s1. The number of nitrogens with zero attached hydrogens (tertiary/aromatic N) is 3. The Kier molecular flexibility index (Phi) is 6.20. The summed E-state index contributed by atoms with van der Waals surface area (Å²) in [4.78, 5) is 11.6. The number of fused-ring (bicyclic) bond motifs is 1. The second-order valence-corrected chi connectivity index (χ2v) is 10.5. The maximum atomic E-state index is 13.5. The van der Waals surface area contributed by atoms with Gasteiger partial charge in [0.15, 0.2) is 0 Å². The molecule has 8 nitrogen and oxygen atoms in total. The molecule has 33 heavy (non-hydrogen) atoms. The number of rotatable bonds is 7. The molecule has 1 aliphatic heterocycles. The van der Waals surface area contributed by atoms with Crippen molar-refractivity contribution in [2.24, 2.45) is 5.92 Å². The van der Waals surface area contributed by atoms with Crippen LogP contribution in [0.1, 0.15) is 38.1 Å². The molecular formula is C24H29N3O5S. The number of hydrogen-bond acceptors (Lipinski definition) is 5. The first kappa shape index (κ1) is 23.3. The maximum Gasteiger partial charge on any atom is 0.309 e. The van der Waals surface area contributed by atoms with Crippen LogP contribution in [-0.2, 0) is 21.2 Å². The number of benzene rings is 2. The molecule has 3 aromatic rings. The molecule has 3 atom stereocenters. The number of aryl methyl sites for hydroxylation is 1. The van der Waals surface area contributed by atoms with E-state index in [4.69, 9.17) is 4.74 Å². The molecule has 0 aliphatic carbocycles. The summed E-state index contributed by atoms with van der Waals surface area (Å²) in [7, 11) is -3.72. The van der Waals surface area contributed by atoms with Gasteiger partial charge in [-0.25, -0.2) is 8.42 Å². The first-order valence-corrected chi connectivity index (χ1v) is 12.5. The second-order valence-electron chi connectivity index (χ2n) is 8.63. The van der Waals surface area contributed by atoms with Crippen LogP contribution in [0, 0.1) is 12.8 Å². The molecule has 176 valence electrons. The lowest BCUT2D eigenvalue weighted by molar-refractivity contribution is -0.136. The molecule has 0 amide bonds. The number of hydrogen-bond donors (Lipinski definition) is 1. The smallest absolute Gasteiger partial charge is 0.309 e. The molecule has 2 aromatic carbocycles. The average molecular weight is 472 g/mol. The fourth-order valence-electron chi connectivity index (χ4n) is 4.57. The summed E-state index contributed by atoms with van der Waals surface area (Å²) in [6, 6.07) is 11.8. The Morgan fingerprint density at radius 1 is 1.18 bits per heavy atom. The molecule has 9 heteroatoms. The molecule has 4 rings (SSSR count). The minimum Gasteiger partial charge on any atom is -0.494 e. The van der Waals surface area contributed by atoms with Crippen LogP contribution in [0.15, 0.2) is 47.4 Å². The normalized spacial score (nSPS) is 21.5. The third kappa shape index (κ3) is 4.22. The van der Waals surface area contributed by atoms with Crippen molar-refractivity contribution < 1.29 is 23.1 Å². The van der Waals surface area contributed by atoms with E-state index < -0.39 is 16.0 Å². The van der Waals surface area contributed by atoms with Gasteiger partial charge < -0.3 is 9.84 Å². The van der Waals surface area contributed by atoms with E-state index in [9.17, 15) is 18.3 Å². The molecule has 1 fully saturated rings. The van der Waals surface area contributed by atoms with Crippen molar-refractivity contribution in [1.82, 2.24) is 14.1 Å². The number of carboxylic acid groups (broad SMARTS) is 1. The van der Waals surface area contributed by atoms with Crippen LogP contribution in [0.25, 0.3) is 10.9 Å². The summed E-state index contributed by atoms with van der Waals surface area (Å²) in [6.45, 7) is 8.54. The minimum absolute atomic E-state index is 0.0243. The van der Waals surface area contributed by atoms with E-state index in [-0.39, 0.29) is 35.9 Å². The summed E-state index contributed by atoms with van der Waals surface area (Å²) < 4.78 is 35.8. The largest absolute Gasteiger partial charge is 0.494 e. The summed E-state index contributed by atoms with van der Waals surface area (Å²) in [5.41, 5.74) is 2.35. The lowest BCUT2D eigenvalue weighted by Gasteiger charge is -2.22. The highest BCUT2D eigenvalue weighted by atomic mass is 32.2. The monoisotopic (exact) mass is 471 g/mol. The fourth-order valence-corrected chi connectivity index (χ4v) is 6.30. The van der Waals surface area contributed by atoms with Gasteiger partial charge in [0.05, 0.1) is 35.2 Å². The highest BCUT2D eigenvalue weighted by molar-refractivity contribution is 7.89. The Labute approximate surface area is 193 Å². The predicted octanol–water partition coefficient (Wildman–Crippen LogP) is 3.64. The Morgan fingerprint density at radius 3 is 2.52 bits per heavy atom. The van der Waals surface area contributed by atoms with E-state index in [1.807, 2.05) is 50.6 Å². The van der Waals surface area contributed by atoms with Gasteiger partial charge in [0, 0.05) is 18.0 Å². The summed E-state index contributed by atoms with van der Waals surface area (Å²) in [5, 5.41) is 14.8. The number of aromatic nitrogens is 2. The number of ether oxygens (including phenoxy) is 1. The van der Waals surface area contributed by atoms with Gasteiger partial charge in [0.1, 0.15) is 5.75 Å². The highest BCUT2D eigenvalue weighted by Gasteiger charge is 2.44. The van der Waals surface area contributed by atoms with Gasteiger partial charge >= 0.3 is 5.97 Å². The molecule has 0 bridgehead atoms. The predicted molar refractivity (Wildman–Crippen MR) is 125 cm³/mol. The molecule has 1 aliphatic rings. The van der Waals surface area contributed by atoms with E-state index in [1.165, 1.54) is 4.31 Å². The van der Waals surface area contributed by atoms with Crippen molar-refractivity contribution in [3.8, 4) is 5.75 Å². The minimum atomic E-state index is -3.72. The average Bonchev–Trinajstić information content (AvgIpc) is 3.25. The highest BCUT2D eigenvalue weighted by Crippen LogP contribution is 2.39. The molecule has 1 aromatic heterocycles. The van der Waals surface area contributed by atoms with E-state index in [0.717, 1.165) is 16.5 Å². The molecule has 0 unspecified atom stereocenters. The van der Waals surface area contributed by atoms with Crippen LogP contribution in [0.3, 0.4) is 0 Å². The zero-order valence-electron chi connectivity index (χ0n) is 19.2. The van der Waals surface area contributed by atoms with Crippen LogP contribution in [0.2, 0.25) is 0 Å². The van der Waals surface area contributed by atoms with Gasteiger partial charge in [-0.3, -0.25) is 9.48 Å². The van der Waals surface area contributed by atoms with Crippen LogP contribution < -0.4 is 4.74 Å². The molecule has 0 radical (unpaired) electrons. The van der Waals surface area contributed by atoms with Gasteiger partial charge in [0.25, 0.3) is 0 Å². The summed E-state index contributed by atoms with van der Waals surface area (Å²) >= 11 is 0. The Balaban J connectivity index is 1.71. The molecule has 0 saturated carbocycles. The molecule has 2 heterocycles. The van der Waals surface area contributed by atoms with Crippen LogP contribution >= 0.6 is 0 Å². The zero-order chi connectivity index (χ0) is 23.9. The van der Waals surface area contributed by atoms with Crippen molar-refractivity contribution in [3.63, 3.8) is 0 Å². The molecule has 0 spiro atoms. The quantitative estimate of drug-likeness (QED) is 0.565. The lowest BCUT2D eigenvalue weighted by Crippen LogP contribution is -2.35. The number of carbonyl (C=O) groups is 1. The lowest BCUT2D eigenvalue weighted by atomic mass is 10.00. The number of aliphatic carboxylic acids is 1. The van der Waals surface area contributed by atoms with E-state index in [2.05, 4.69) is 5.10 Å². The number of sulfonamides is 1. The Bertz CT molecular complexity index is 1280. The third-order valence-electron chi connectivity index (χ3n) is 6.50. The van der Waals surface area contributed by atoms with E-state index >= 15 is 0 Å². The van der Waals surface area contributed by atoms with Crippen molar-refractivity contribution in [3.05, 3.63) is 53.7 Å². The topological polar surface area (TPSA) is 102 Å². The Hall–Kier alpha value is -2.91. The third-order valence-corrected chi connectivity index (χ3v) is 8.47. The van der Waals surface area contributed by atoms with E-state index in [1.54, 1.807) is 24.3 Å². The van der Waals surface area contributed by atoms with Crippen LogP contribution in [-0.4, -0.2) is 52.8 Å². The van der Waals surface area contributed by atoms with E-state index in [0.29, 0.717) is 18.1 Å². The van der Waals surface area contributed by atoms with Crippen molar-refractivity contribution in [2.45, 2.75) is 51.1 Å². The van der Waals surface area contributed by atoms with Gasteiger partial charge in [-0.15, -0.1) is 0 Å². The Morgan fingerprint density at radius 2 is 1.88 bits per heavy atom. The number of carboxylic acids is 1. The SMILES string of the molecule is CCOc1ccc(S(=O)(=O)N2C[C@H](n3nc(CC(=O)O)c4ccc(C)cc43)[C@@H](C)[C@@H]2C)cc1. The van der Waals surface area contributed by atoms with Gasteiger partial charge in [0.2, 0.25) is 10.0 Å². The van der Waals surface area contributed by atoms with Crippen molar-refractivity contribution in [1.29, 1.82) is 0 Å². The van der Waals surface area contributed by atoms with Crippen molar-refractivity contribution in [2.75, 3.05) is 13.2 Å². The van der Waals surface area contributed by atoms with Crippen molar-refractivity contribution >= 4 is 26.9 Å². The maximum absolute atomic E-state index is 13.5. The molecule has 1 saturated heterocycles. The molecular weight excluding hydrogens is 442 g/mol. The van der Waals surface area contributed by atoms with Crippen LogP contribution in [0.4, 0.5) is 0 Å². The fraction of sp³-hybridized carbons (Fsp3) is 0.417. The zero-order valence-corrected chi connectivity index (χ0v) is 20.0. The van der Waals surface area contributed by atoms with Gasteiger partial charge in [-0.1, -0.05) is 19.1 Å². The van der Waals surface area contributed by atoms with Gasteiger partial charge in [-0.2, -0.15) is 9.40 Å². The first-order valence-electron chi connectivity index (χ1n) is 11.1. The molecule has 1 N–H and O–H groups in total. The van der Waals surface area contributed by atoms with Gasteiger partial charge in [-0.05, 0) is 62.6 Å². The van der Waals surface area contributed by atoms with Crippen LogP contribution in [0.5, 0.6) is 5.75 Å². The first-order chi connectivity index (χ1) is 15.6. The second kappa shape index (κ2) is 8.79. The summed E-state index contributed by atoms with van der Waals surface area (Å²) in [5.74, 6) is -0.347.